The molecule has 3 rings (SSSR count). The molecule has 0 amide bonds. The highest BCUT2D eigenvalue weighted by Crippen LogP contribution is 2.21. The number of rotatable bonds is 4. The number of aromatic nitrogens is 1. The third-order valence-electron chi connectivity index (χ3n) is 4.01. The highest BCUT2D eigenvalue weighted by Gasteiger charge is 2.28. The number of halogens is 2. The maximum absolute atomic E-state index is 12.7. The molecule has 8 heteroatoms. The summed E-state index contributed by atoms with van der Waals surface area (Å²) in [7, 11) is -3.47. The van der Waals surface area contributed by atoms with E-state index in [1.165, 1.54) is 4.31 Å². The smallest absolute Gasteiger partial charge is 0.243 e. The Bertz CT molecular complexity index is 804. The lowest BCUT2D eigenvalue weighted by atomic mass is 10.2. The summed E-state index contributed by atoms with van der Waals surface area (Å²) in [5.41, 5.74) is 0.952. The Kier molecular flexibility index (Phi) is 5.42. The van der Waals surface area contributed by atoms with Gasteiger partial charge in [0.2, 0.25) is 10.0 Å². The van der Waals surface area contributed by atoms with E-state index in [0.29, 0.717) is 42.9 Å². The average Bonchev–Trinajstić information content (AvgIpc) is 2.58. The summed E-state index contributed by atoms with van der Waals surface area (Å²) in [5, 5.41) is 1.01. The zero-order valence-electron chi connectivity index (χ0n) is 12.9. The molecular formula is C16H17Cl2N3O2S. The van der Waals surface area contributed by atoms with Gasteiger partial charge in [-0.1, -0.05) is 29.3 Å². The van der Waals surface area contributed by atoms with E-state index in [0.717, 1.165) is 5.56 Å². The first-order valence-electron chi connectivity index (χ1n) is 7.54. The van der Waals surface area contributed by atoms with Gasteiger partial charge in [-0.05, 0) is 30.3 Å². The number of hydrogen-bond acceptors (Lipinski definition) is 4. The van der Waals surface area contributed by atoms with Crippen LogP contribution in [0, 0.1) is 0 Å². The van der Waals surface area contributed by atoms with Crippen molar-refractivity contribution in [2.75, 3.05) is 26.2 Å². The first kappa shape index (κ1) is 17.6. The minimum atomic E-state index is -3.47. The SMILES string of the molecule is O=S(=O)(c1ccc(Cl)cc1)N1CCN(Cc2cccnc2Cl)CC1. The van der Waals surface area contributed by atoms with E-state index in [4.69, 9.17) is 23.2 Å². The third kappa shape index (κ3) is 3.90. The molecule has 2 heterocycles. The van der Waals surface area contributed by atoms with Gasteiger partial charge in [0, 0.05) is 49.5 Å². The summed E-state index contributed by atoms with van der Waals surface area (Å²) in [6.45, 7) is 2.86. The summed E-state index contributed by atoms with van der Waals surface area (Å²) >= 11 is 11.9. The number of sulfonamides is 1. The molecule has 0 atom stereocenters. The Morgan fingerprint density at radius 3 is 2.29 bits per heavy atom. The molecule has 24 heavy (non-hydrogen) atoms. The summed E-state index contributed by atoms with van der Waals surface area (Å²) in [4.78, 5) is 6.52. The number of piperazine rings is 1. The highest BCUT2D eigenvalue weighted by atomic mass is 35.5. The Hall–Kier alpha value is -1.18. The van der Waals surface area contributed by atoms with E-state index in [1.807, 2.05) is 12.1 Å². The van der Waals surface area contributed by atoms with E-state index in [2.05, 4.69) is 9.88 Å². The fourth-order valence-electron chi connectivity index (χ4n) is 2.66. The fraction of sp³-hybridized carbons (Fsp3) is 0.312. The lowest BCUT2D eigenvalue weighted by molar-refractivity contribution is 0.181. The second kappa shape index (κ2) is 7.37. The first-order valence-corrected chi connectivity index (χ1v) is 9.74. The minimum Gasteiger partial charge on any atom is -0.296 e. The van der Waals surface area contributed by atoms with Crippen molar-refractivity contribution in [3.05, 3.63) is 58.3 Å². The maximum atomic E-state index is 12.7. The van der Waals surface area contributed by atoms with Crippen LogP contribution in [-0.4, -0.2) is 48.8 Å². The predicted octanol–water partition coefficient (Wildman–Crippen LogP) is 2.89. The van der Waals surface area contributed by atoms with Crippen LogP contribution in [0.5, 0.6) is 0 Å². The van der Waals surface area contributed by atoms with Crippen molar-refractivity contribution < 1.29 is 8.42 Å². The van der Waals surface area contributed by atoms with E-state index in [9.17, 15) is 8.42 Å². The van der Waals surface area contributed by atoms with Gasteiger partial charge in [-0.25, -0.2) is 13.4 Å². The monoisotopic (exact) mass is 385 g/mol. The van der Waals surface area contributed by atoms with Crippen molar-refractivity contribution in [1.82, 2.24) is 14.2 Å². The average molecular weight is 386 g/mol. The normalized spacial score (nSPS) is 17.1. The molecule has 0 N–H and O–H groups in total. The number of nitrogens with zero attached hydrogens (tertiary/aromatic N) is 3. The quantitative estimate of drug-likeness (QED) is 0.759. The molecule has 1 aliphatic heterocycles. The van der Waals surface area contributed by atoms with E-state index < -0.39 is 10.0 Å². The molecule has 1 saturated heterocycles. The van der Waals surface area contributed by atoms with Crippen molar-refractivity contribution in [2.45, 2.75) is 11.4 Å². The van der Waals surface area contributed by atoms with Gasteiger partial charge in [-0.2, -0.15) is 4.31 Å². The zero-order chi connectivity index (χ0) is 17.2. The largest absolute Gasteiger partial charge is 0.296 e. The van der Waals surface area contributed by atoms with Gasteiger partial charge < -0.3 is 0 Å². The summed E-state index contributed by atoms with van der Waals surface area (Å²) < 4.78 is 26.8. The Morgan fingerprint density at radius 1 is 1.00 bits per heavy atom. The highest BCUT2D eigenvalue weighted by molar-refractivity contribution is 7.89. The van der Waals surface area contributed by atoms with Crippen LogP contribution in [0.1, 0.15) is 5.56 Å². The van der Waals surface area contributed by atoms with Gasteiger partial charge in [0.25, 0.3) is 0 Å². The summed E-state index contributed by atoms with van der Waals surface area (Å²) in [6.07, 6.45) is 1.66. The Labute approximate surface area is 151 Å². The van der Waals surface area contributed by atoms with Crippen LogP contribution in [0.25, 0.3) is 0 Å². The molecule has 2 aromatic rings. The van der Waals surface area contributed by atoms with Crippen molar-refractivity contribution >= 4 is 33.2 Å². The topological polar surface area (TPSA) is 53.5 Å². The van der Waals surface area contributed by atoms with Crippen molar-refractivity contribution in [3.8, 4) is 0 Å². The summed E-state index contributed by atoms with van der Waals surface area (Å²) in [5.74, 6) is 0. The van der Waals surface area contributed by atoms with E-state index in [-0.39, 0.29) is 4.90 Å². The van der Waals surface area contributed by atoms with Crippen LogP contribution < -0.4 is 0 Å². The van der Waals surface area contributed by atoms with Gasteiger partial charge >= 0.3 is 0 Å². The molecule has 0 unspecified atom stereocenters. The van der Waals surface area contributed by atoms with Crippen LogP contribution in [0.2, 0.25) is 10.2 Å². The molecule has 5 nitrogen and oxygen atoms in total. The van der Waals surface area contributed by atoms with Crippen LogP contribution >= 0.6 is 23.2 Å². The molecule has 128 valence electrons. The molecular weight excluding hydrogens is 369 g/mol. The van der Waals surface area contributed by atoms with Crippen LogP contribution in [-0.2, 0) is 16.6 Å². The number of pyridine rings is 1. The first-order chi connectivity index (χ1) is 11.5. The lowest BCUT2D eigenvalue weighted by Crippen LogP contribution is -2.48. The molecule has 1 aromatic heterocycles. The molecule has 0 bridgehead atoms. The van der Waals surface area contributed by atoms with Gasteiger partial charge in [-0.15, -0.1) is 0 Å². The van der Waals surface area contributed by atoms with Crippen molar-refractivity contribution in [3.63, 3.8) is 0 Å². The molecule has 0 radical (unpaired) electrons. The van der Waals surface area contributed by atoms with Crippen LogP contribution in [0.15, 0.2) is 47.5 Å². The predicted molar refractivity (Wildman–Crippen MR) is 94.7 cm³/mol. The minimum absolute atomic E-state index is 0.274. The standard InChI is InChI=1S/C16H17Cl2N3O2S/c17-14-3-5-15(6-4-14)24(22,23)21-10-8-20(9-11-21)12-13-2-1-7-19-16(13)18/h1-7H,8-12H2. The molecule has 1 aromatic carbocycles. The van der Waals surface area contributed by atoms with E-state index in [1.54, 1.807) is 30.5 Å². The molecule has 0 spiro atoms. The number of hydrogen-bond donors (Lipinski definition) is 0. The lowest BCUT2D eigenvalue weighted by Gasteiger charge is -2.34. The van der Waals surface area contributed by atoms with Gasteiger partial charge in [0.1, 0.15) is 5.15 Å². The van der Waals surface area contributed by atoms with E-state index >= 15 is 0 Å². The third-order valence-corrected chi connectivity index (χ3v) is 6.52. The molecule has 1 aliphatic rings. The van der Waals surface area contributed by atoms with Crippen LogP contribution in [0.3, 0.4) is 0 Å². The second-order valence-electron chi connectivity index (χ2n) is 5.59. The van der Waals surface area contributed by atoms with Gasteiger partial charge in [0.05, 0.1) is 4.90 Å². The maximum Gasteiger partial charge on any atom is 0.243 e. The zero-order valence-corrected chi connectivity index (χ0v) is 15.2. The molecule has 0 aliphatic carbocycles. The van der Waals surface area contributed by atoms with Crippen LogP contribution in [0.4, 0.5) is 0 Å². The summed E-state index contributed by atoms with van der Waals surface area (Å²) in [6, 6.07) is 10.1. The van der Waals surface area contributed by atoms with Gasteiger partial charge in [0.15, 0.2) is 0 Å². The number of benzene rings is 1. The van der Waals surface area contributed by atoms with Crippen molar-refractivity contribution in [1.29, 1.82) is 0 Å². The van der Waals surface area contributed by atoms with Crippen molar-refractivity contribution in [2.24, 2.45) is 0 Å². The van der Waals surface area contributed by atoms with Gasteiger partial charge in [-0.3, -0.25) is 4.90 Å². The Morgan fingerprint density at radius 2 is 1.67 bits per heavy atom. The second-order valence-corrected chi connectivity index (χ2v) is 8.32. The molecule has 1 fully saturated rings. The molecule has 0 saturated carbocycles. The fourth-order valence-corrected chi connectivity index (χ4v) is 4.39. The Balaban J connectivity index is 1.64.